The highest BCUT2D eigenvalue weighted by Crippen LogP contribution is 2.28. The topological polar surface area (TPSA) is 78.4 Å². The summed E-state index contributed by atoms with van der Waals surface area (Å²) < 4.78 is 5.45. The zero-order valence-electron chi connectivity index (χ0n) is 10.0. The van der Waals surface area contributed by atoms with Crippen LogP contribution in [0, 0.1) is 24.0 Å². The molecule has 1 aromatic rings. The number of rotatable bonds is 5. The SMILES string of the molecule is C=C(CN)COc1cc([N+](=O)[O-])c(C)cc1C. The summed E-state index contributed by atoms with van der Waals surface area (Å²) in [6.07, 6.45) is 0. The standard InChI is InChI=1S/C12H16N2O3/c1-8(6-13)7-17-12-5-11(14(15)16)9(2)4-10(12)3/h4-5H,1,6-7,13H2,2-3H3. The van der Waals surface area contributed by atoms with E-state index < -0.39 is 4.92 Å². The summed E-state index contributed by atoms with van der Waals surface area (Å²) in [4.78, 5) is 10.4. The fraction of sp³-hybridized carbons (Fsp3) is 0.333. The molecule has 0 spiro atoms. The molecule has 0 saturated heterocycles. The maximum atomic E-state index is 10.8. The summed E-state index contributed by atoms with van der Waals surface area (Å²) >= 11 is 0. The minimum Gasteiger partial charge on any atom is -0.489 e. The number of nitrogens with two attached hydrogens (primary N) is 1. The molecule has 0 atom stereocenters. The van der Waals surface area contributed by atoms with Crippen molar-refractivity contribution in [2.24, 2.45) is 5.73 Å². The van der Waals surface area contributed by atoms with E-state index in [1.54, 1.807) is 13.0 Å². The van der Waals surface area contributed by atoms with Crippen LogP contribution >= 0.6 is 0 Å². The second kappa shape index (κ2) is 5.45. The molecular weight excluding hydrogens is 220 g/mol. The van der Waals surface area contributed by atoms with Gasteiger partial charge in [0, 0.05) is 12.1 Å². The molecule has 0 amide bonds. The van der Waals surface area contributed by atoms with Crippen molar-refractivity contribution >= 4 is 5.69 Å². The average Bonchev–Trinajstić information content (AvgIpc) is 2.26. The van der Waals surface area contributed by atoms with Gasteiger partial charge in [0.15, 0.2) is 0 Å². The molecule has 0 fully saturated rings. The van der Waals surface area contributed by atoms with E-state index in [4.69, 9.17) is 10.5 Å². The van der Waals surface area contributed by atoms with E-state index in [1.807, 2.05) is 6.92 Å². The van der Waals surface area contributed by atoms with E-state index in [2.05, 4.69) is 6.58 Å². The van der Waals surface area contributed by atoms with Crippen molar-refractivity contribution in [3.05, 3.63) is 45.5 Å². The number of hydrogen-bond donors (Lipinski definition) is 1. The van der Waals surface area contributed by atoms with Gasteiger partial charge in [-0.05, 0) is 31.1 Å². The van der Waals surface area contributed by atoms with Crippen LogP contribution < -0.4 is 10.5 Å². The number of aryl methyl sites for hydroxylation is 2. The molecule has 1 aromatic carbocycles. The van der Waals surface area contributed by atoms with Crippen molar-refractivity contribution in [3.8, 4) is 5.75 Å². The number of hydrogen-bond acceptors (Lipinski definition) is 4. The highest BCUT2D eigenvalue weighted by atomic mass is 16.6. The lowest BCUT2D eigenvalue weighted by Crippen LogP contribution is -2.10. The van der Waals surface area contributed by atoms with E-state index in [0.29, 0.717) is 17.9 Å². The lowest BCUT2D eigenvalue weighted by Gasteiger charge is -2.10. The first kappa shape index (κ1) is 13.2. The number of nitrogens with zero attached hydrogens (tertiary/aromatic N) is 1. The minimum absolute atomic E-state index is 0.0592. The Bertz CT molecular complexity index is 455. The predicted octanol–water partition coefficient (Wildman–Crippen LogP) is 2.11. The van der Waals surface area contributed by atoms with Gasteiger partial charge in [0.2, 0.25) is 0 Å². The molecule has 92 valence electrons. The largest absolute Gasteiger partial charge is 0.489 e. The Morgan fingerprint density at radius 2 is 2.12 bits per heavy atom. The van der Waals surface area contributed by atoms with Crippen LogP contribution in [0.3, 0.4) is 0 Å². The van der Waals surface area contributed by atoms with Gasteiger partial charge in [-0.25, -0.2) is 0 Å². The van der Waals surface area contributed by atoms with Gasteiger partial charge in [-0.3, -0.25) is 10.1 Å². The monoisotopic (exact) mass is 236 g/mol. The zero-order chi connectivity index (χ0) is 13.0. The first-order valence-corrected chi connectivity index (χ1v) is 5.21. The lowest BCUT2D eigenvalue weighted by atomic mass is 10.1. The third-order valence-electron chi connectivity index (χ3n) is 2.41. The minimum atomic E-state index is -0.417. The van der Waals surface area contributed by atoms with Gasteiger partial charge in [-0.15, -0.1) is 0 Å². The third-order valence-corrected chi connectivity index (χ3v) is 2.41. The Labute approximate surface area is 100 Å². The number of ether oxygens (including phenoxy) is 1. The van der Waals surface area contributed by atoms with Crippen molar-refractivity contribution < 1.29 is 9.66 Å². The summed E-state index contributed by atoms with van der Waals surface area (Å²) in [5.74, 6) is 0.497. The second-order valence-electron chi connectivity index (χ2n) is 3.90. The first-order valence-electron chi connectivity index (χ1n) is 5.21. The van der Waals surface area contributed by atoms with Gasteiger partial charge in [0.05, 0.1) is 11.0 Å². The van der Waals surface area contributed by atoms with Crippen LogP contribution in [0.15, 0.2) is 24.3 Å². The molecule has 2 N–H and O–H groups in total. The smallest absolute Gasteiger partial charge is 0.276 e. The van der Waals surface area contributed by atoms with E-state index in [9.17, 15) is 10.1 Å². The molecule has 0 unspecified atom stereocenters. The van der Waals surface area contributed by atoms with Gasteiger partial charge in [0.1, 0.15) is 12.4 Å². The Morgan fingerprint density at radius 3 is 2.65 bits per heavy atom. The summed E-state index contributed by atoms with van der Waals surface area (Å²) in [5, 5.41) is 10.8. The fourth-order valence-corrected chi connectivity index (χ4v) is 1.41. The van der Waals surface area contributed by atoms with Gasteiger partial charge in [-0.2, -0.15) is 0 Å². The Kier molecular flexibility index (Phi) is 4.23. The van der Waals surface area contributed by atoms with Crippen molar-refractivity contribution in [1.29, 1.82) is 0 Å². The van der Waals surface area contributed by atoms with Crippen molar-refractivity contribution in [3.63, 3.8) is 0 Å². The van der Waals surface area contributed by atoms with Gasteiger partial charge < -0.3 is 10.5 Å². The van der Waals surface area contributed by atoms with Crippen LogP contribution in [0.2, 0.25) is 0 Å². The Balaban J connectivity index is 2.96. The molecule has 0 aliphatic carbocycles. The Hall–Kier alpha value is -1.88. The first-order chi connectivity index (χ1) is 7.95. The predicted molar refractivity (Wildman–Crippen MR) is 66.3 cm³/mol. The van der Waals surface area contributed by atoms with Crippen LogP contribution in [0.1, 0.15) is 11.1 Å². The molecule has 0 aliphatic heterocycles. The second-order valence-corrected chi connectivity index (χ2v) is 3.90. The maximum Gasteiger partial charge on any atom is 0.276 e. The highest BCUT2D eigenvalue weighted by molar-refractivity contribution is 5.49. The van der Waals surface area contributed by atoms with Crippen molar-refractivity contribution in [1.82, 2.24) is 0 Å². The quantitative estimate of drug-likeness (QED) is 0.482. The normalized spacial score (nSPS) is 10.1. The molecule has 0 aliphatic rings. The van der Waals surface area contributed by atoms with Gasteiger partial charge in [-0.1, -0.05) is 6.58 Å². The Morgan fingerprint density at radius 1 is 1.47 bits per heavy atom. The molecule has 0 heterocycles. The molecule has 0 bridgehead atoms. The number of benzene rings is 1. The number of nitro benzene ring substituents is 1. The van der Waals surface area contributed by atoms with E-state index in [0.717, 1.165) is 11.1 Å². The summed E-state index contributed by atoms with van der Waals surface area (Å²) in [5.41, 5.74) is 7.67. The molecule has 1 rings (SSSR count). The highest BCUT2D eigenvalue weighted by Gasteiger charge is 2.14. The fourth-order valence-electron chi connectivity index (χ4n) is 1.41. The van der Waals surface area contributed by atoms with Crippen LogP contribution in [-0.2, 0) is 0 Å². The van der Waals surface area contributed by atoms with E-state index >= 15 is 0 Å². The molecule has 0 aromatic heterocycles. The van der Waals surface area contributed by atoms with Crippen LogP contribution in [0.25, 0.3) is 0 Å². The van der Waals surface area contributed by atoms with Crippen LogP contribution in [0.5, 0.6) is 5.75 Å². The van der Waals surface area contributed by atoms with Crippen LogP contribution in [-0.4, -0.2) is 18.1 Å². The zero-order valence-corrected chi connectivity index (χ0v) is 10.0. The average molecular weight is 236 g/mol. The number of nitro groups is 1. The summed E-state index contributed by atoms with van der Waals surface area (Å²) in [6.45, 7) is 7.87. The van der Waals surface area contributed by atoms with Gasteiger partial charge >= 0.3 is 0 Å². The maximum absolute atomic E-state index is 10.8. The van der Waals surface area contributed by atoms with E-state index in [-0.39, 0.29) is 12.3 Å². The van der Waals surface area contributed by atoms with Crippen molar-refractivity contribution in [2.75, 3.05) is 13.2 Å². The molecule has 5 heteroatoms. The molecule has 5 nitrogen and oxygen atoms in total. The van der Waals surface area contributed by atoms with Crippen molar-refractivity contribution in [2.45, 2.75) is 13.8 Å². The van der Waals surface area contributed by atoms with Gasteiger partial charge in [0.25, 0.3) is 5.69 Å². The molecule has 17 heavy (non-hydrogen) atoms. The summed E-state index contributed by atoms with van der Waals surface area (Å²) in [7, 11) is 0. The third kappa shape index (κ3) is 3.29. The summed E-state index contributed by atoms with van der Waals surface area (Å²) in [6, 6.07) is 3.17. The molecule has 0 saturated carbocycles. The van der Waals surface area contributed by atoms with Crippen LogP contribution in [0.4, 0.5) is 5.69 Å². The molecular formula is C12H16N2O3. The lowest BCUT2D eigenvalue weighted by molar-refractivity contribution is -0.385. The molecule has 0 radical (unpaired) electrons. The van der Waals surface area contributed by atoms with E-state index in [1.165, 1.54) is 6.07 Å².